The van der Waals surface area contributed by atoms with Crippen molar-refractivity contribution in [2.24, 2.45) is 0 Å². The van der Waals surface area contributed by atoms with Crippen LogP contribution in [0, 0.1) is 0 Å². The van der Waals surface area contributed by atoms with E-state index in [-0.39, 0.29) is 29.7 Å². The number of fused-ring (bicyclic) bond motifs is 3. The van der Waals surface area contributed by atoms with Crippen molar-refractivity contribution < 1.29 is 24.0 Å². The summed E-state index contributed by atoms with van der Waals surface area (Å²) >= 11 is 0. The molecular weight excluding hydrogens is 807 g/mol. The van der Waals surface area contributed by atoms with E-state index in [1.807, 2.05) is 85.5 Å². The molecule has 64 heavy (non-hydrogen) atoms. The lowest BCUT2D eigenvalue weighted by Crippen LogP contribution is -2.46. The zero-order valence-corrected chi connectivity index (χ0v) is 38.1. The minimum Gasteiger partial charge on any atom is -0.340 e. The molecule has 3 aromatic carbocycles. The van der Waals surface area contributed by atoms with Gasteiger partial charge in [0.05, 0.1) is 16.7 Å². The second-order valence-electron chi connectivity index (χ2n) is 16.6. The van der Waals surface area contributed by atoms with Crippen LogP contribution in [0.15, 0.2) is 79.1 Å². The average molecular weight is 872 g/mol. The maximum absolute atomic E-state index is 13.5. The van der Waals surface area contributed by atoms with E-state index in [4.69, 9.17) is 0 Å². The van der Waals surface area contributed by atoms with Crippen LogP contribution in [0.4, 0.5) is 10.5 Å². The lowest BCUT2D eigenvalue weighted by molar-refractivity contribution is -0.131. The van der Waals surface area contributed by atoms with Crippen LogP contribution in [-0.2, 0) is 9.59 Å². The number of carbonyl (C=O) groups is 5. The first kappa shape index (κ1) is 47.5. The van der Waals surface area contributed by atoms with E-state index in [9.17, 15) is 24.0 Å². The minimum absolute atomic E-state index is 0.0389. The smallest absolute Gasteiger partial charge is 0.317 e. The van der Waals surface area contributed by atoms with Gasteiger partial charge in [0.2, 0.25) is 11.8 Å². The molecule has 6 amide bonds. The minimum atomic E-state index is -0.226. The van der Waals surface area contributed by atoms with Gasteiger partial charge in [-0.15, -0.1) is 0 Å². The molecular formula is C50H65N9O5. The van der Waals surface area contributed by atoms with Crippen LogP contribution >= 0.6 is 0 Å². The van der Waals surface area contributed by atoms with Crippen molar-refractivity contribution in [1.29, 1.82) is 0 Å². The number of carbonyl (C=O) groups excluding carboxylic acids is 5. The number of nitrogens with zero attached hydrogens (tertiary/aromatic N) is 7. The fourth-order valence-electron chi connectivity index (χ4n) is 8.55. The lowest BCUT2D eigenvalue weighted by Gasteiger charge is -2.31. The number of hydrogen-bond donors (Lipinski definition) is 2. The molecule has 0 saturated heterocycles. The van der Waals surface area contributed by atoms with Gasteiger partial charge in [-0.05, 0) is 100 Å². The Morgan fingerprint density at radius 1 is 0.656 bits per heavy atom. The number of urea groups is 1. The summed E-state index contributed by atoms with van der Waals surface area (Å²) in [5.41, 5.74) is 3.47. The SMILES string of the molecule is CCCN(CCCCN1C(=O)c2cccc3cccc(c23)C1=O)CCN(CCCCCC(=O)Nc1cc2cccnc2c2ncccc12)CCN(CCN(C)C(=O)NCC)C(=O)CC. The number of likely N-dealkylation sites (N-methyl/N-ethyl adjacent to an activating group) is 1. The van der Waals surface area contributed by atoms with E-state index in [2.05, 4.69) is 37.3 Å². The Hall–Kier alpha value is -5.99. The molecule has 340 valence electrons. The van der Waals surface area contributed by atoms with Crippen molar-refractivity contribution in [1.82, 2.24) is 39.8 Å². The molecule has 0 saturated carbocycles. The largest absolute Gasteiger partial charge is 0.340 e. The van der Waals surface area contributed by atoms with Gasteiger partial charge >= 0.3 is 6.03 Å². The van der Waals surface area contributed by atoms with E-state index < -0.39 is 0 Å². The van der Waals surface area contributed by atoms with E-state index in [0.717, 1.165) is 103 Å². The van der Waals surface area contributed by atoms with Gasteiger partial charge in [0.25, 0.3) is 11.8 Å². The highest BCUT2D eigenvalue weighted by molar-refractivity contribution is 6.25. The highest BCUT2D eigenvalue weighted by Crippen LogP contribution is 2.31. The molecule has 6 rings (SSSR count). The van der Waals surface area contributed by atoms with Crippen LogP contribution in [0.5, 0.6) is 0 Å². The third-order valence-electron chi connectivity index (χ3n) is 12.1. The molecule has 2 aromatic heterocycles. The Balaban J connectivity index is 1.03. The molecule has 0 bridgehead atoms. The molecule has 0 spiro atoms. The molecule has 3 heterocycles. The molecule has 0 aliphatic carbocycles. The van der Waals surface area contributed by atoms with Crippen molar-refractivity contribution in [3.8, 4) is 0 Å². The van der Waals surface area contributed by atoms with Gasteiger partial charge in [-0.3, -0.25) is 34.0 Å². The summed E-state index contributed by atoms with van der Waals surface area (Å²) in [5.74, 6) is -0.435. The summed E-state index contributed by atoms with van der Waals surface area (Å²) in [5, 5.41) is 9.38. The molecule has 1 aliphatic heterocycles. The Morgan fingerprint density at radius 3 is 1.97 bits per heavy atom. The Morgan fingerprint density at radius 2 is 1.28 bits per heavy atom. The number of aromatic nitrogens is 2. The van der Waals surface area contributed by atoms with Crippen LogP contribution in [0.2, 0.25) is 0 Å². The number of amides is 6. The summed E-state index contributed by atoms with van der Waals surface area (Å²) < 4.78 is 0. The van der Waals surface area contributed by atoms with Crippen LogP contribution in [-0.4, -0.2) is 143 Å². The normalized spacial score (nSPS) is 12.5. The third-order valence-corrected chi connectivity index (χ3v) is 12.1. The van der Waals surface area contributed by atoms with Gasteiger partial charge < -0.3 is 30.2 Å². The number of benzene rings is 3. The zero-order chi connectivity index (χ0) is 45.4. The van der Waals surface area contributed by atoms with Crippen molar-refractivity contribution in [2.45, 2.75) is 72.1 Å². The van der Waals surface area contributed by atoms with E-state index in [1.54, 1.807) is 24.3 Å². The highest BCUT2D eigenvalue weighted by Gasteiger charge is 2.32. The van der Waals surface area contributed by atoms with Gasteiger partial charge in [-0.2, -0.15) is 0 Å². The summed E-state index contributed by atoms with van der Waals surface area (Å²) in [6.45, 7) is 13.2. The van der Waals surface area contributed by atoms with Crippen LogP contribution < -0.4 is 10.6 Å². The van der Waals surface area contributed by atoms with Crippen molar-refractivity contribution in [3.05, 3.63) is 90.3 Å². The molecule has 0 fully saturated rings. The molecule has 5 aromatic rings. The van der Waals surface area contributed by atoms with E-state index >= 15 is 0 Å². The maximum atomic E-state index is 13.5. The Bertz CT molecular complexity index is 2360. The monoisotopic (exact) mass is 872 g/mol. The first-order valence-electron chi connectivity index (χ1n) is 23.1. The van der Waals surface area contributed by atoms with Crippen LogP contribution in [0.1, 0.15) is 92.9 Å². The molecule has 1 aliphatic rings. The van der Waals surface area contributed by atoms with Crippen molar-refractivity contribution in [2.75, 3.05) is 84.4 Å². The van der Waals surface area contributed by atoms with Crippen molar-refractivity contribution >= 4 is 67.9 Å². The second kappa shape index (κ2) is 23.6. The predicted octanol–water partition coefficient (Wildman–Crippen LogP) is 7.43. The van der Waals surface area contributed by atoms with Gasteiger partial charge in [-0.25, -0.2) is 4.79 Å². The predicted molar refractivity (Wildman–Crippen MR) is 254 cm³/mol. The molecule has 14 heteroatoms. The number of imide groups is 1. The first-order valence-corrected chi connectivity index (χ1v) is 23.1. The molecule has 0 radical (unpaired) electrons. The molecule has 0 atom stereocenters. The summed E-state index contributed by atoms with van der Waals surface area (Å²) in [6.07, 6.45) is 9.31. The summed E-state index contributed by atoms with van der Waals surface area (Å²) in [7, 11) is 1.74. The highest BCUT2D eigenvalue weighted by atomic mass is 16.2. The number of anilines is 1. The van der Waals surface area contributed by atoms with Gasteiger partial charge in [0.15, 0.2) is 0 Å². The van der Waals surface area contributed by atoms with Crippen molar-refractivity contribution in [3.63, 3.8) is 0 Å². The quantitative estimate of drug-likeness (QED) is 0.0347. The average Bonchev–Trinajstić information content (AvgIpc) is 3.31. The number of pyridine rings is 2. The van der Waals surface area contributed by atoms with Crippen LogP contribution in [0.3, 0.4) is 0 Å². The standard InChI is InChI=1S/C50H65N9O5/c1-5-26-56(28-11-12-29-59-48(62)40-20-13-17-37-18-14-21-41(45(37)40)49(59)63)31-32-57(33-35-58(44(61)6-2)34-30-55(4)50(64)51-7-3)27-10-8-9-23-43(60)54-42-36-38-19-15-24-52-46(38)47-39(42)22-16-25-53-47/h13-22,24-25,36H,5-12,23,26-35H2,1-4H3,(H,51,64)(H,54,60). The number of rotatable bonds is 25. The molecule has 14 nitrogen and oxygen atoms in total. The van der Waals surface area contributed by atoms with E-state index in [0.29, 0.717) is 69.7 Å². The molecule has 2 N–H and O–H groups in total. The number of hydrogen-bond acceptors (Lipinski definition) is 9. The van der Waals surface area contributed by atoms with Gasteiger partial charge in [0.1, 0.15) is 0 Å². The lowest BCUT2D eigenvalue weighted by atomic mass is 9.94. The Kier molecular flexibility index (Phi) is 17.5. The van der Waals surface area contributed by atoms with Crippen LogP contribution in [0.25, 0.3) is 32.6 Å². The second-order valence-corrected chi connectivity index (χ2v) is 16.6. The summed E-state index contributed by atoms with van der Waals surface area (Å²) in [6, 6.07) is 20.7. The topological polar surface area (TPSA) is 151 Å². The molecule has 0 unspecified atom stereocenters. The summed E-state index contributed by atoms with van der Waals surface area (Å²) in [4.78, 5) is 84.5. The number of unbranched alkanes of at least 4 members (excludes halogenated alkanes) is 3. The fraction of sp³-hybridized carbons (Fsp3) is 0.460. The van der Waals surface area contributed by atoms with Gasteiger partial charge in [-0.1, -0.05) is 50.6 Å². The third kappa shape index (κ3) is 12.2. The first-order chi connectivity index (χ1) is 31.1. The number of nitrogens with one attached hydrogen (secondary N) is 2. The zero-order valence-electron chi connectivity index (χ0n) is 38.1. The van der Waals surface area contributed by atoms with E-state index in [1.165, 1.54) is 4.90 Å². The fourth-order valence-corrected chi connectivity index (χ4v) is 8.55. The maximum Gasteiger partial charge on any atom is 0.317 e. The Labute approximate surface area is 377 Å². The van der Waals surface area contributed by atoms with Gasteiger partial charge in [0, 0.05) is 112 Å².